The van der Waals surface area contributed by atoms with Crippen molar-refractivity contribution in [2.45, 2.75) is 20.0 Å². The van der Waals surface area contributed by atoms with Crippen molar-refractivity contribution in [3.05, 3.63) is 41.9 Å². The minimum Gasteiger partial charge on any atom is -0.487 e. The van der Waals surface area contributed by atoms with Gasteiger partial charge in [0.15, 0.2) is 0 Å². The molecule has 0 spiro atoms. The molecule has 2 heterocycles. The van der Waals surface area contributed by atoms with Gasteiger partial charge in [-0.05, 0) is 31.5 Å². The fourth-order valence-corrected chi connectivity index (χ4v) is 2.39. The Kier molecular flexibility index (Phi) is 3.21. The smallest absolute Gasteiger partial charge is 0.263 e. The third-order valence-corrected chi connectivity index (χ3v) is 3.39. The number of nitrogens with zero attached hydrogens (tertiary/aromatic N) is 3. The Morgan fingerprint density at radius 2 is 2.29 bits per heavy atom. The van der Waals surface area contributed by atoms with Crippen molar-refractivity contribution in [2.24, 2.45) is 0 Å². The van der Waals surface area contributed by atoms with E-state index in [1.165, 1.54) is 12.5 Å². The number of amides is 1. The molecule has 108 valence electrons. The summed E-state index contributed by atoms with van der Waals surface area (Å²) in [6.45, 7) is 4.37. The Morgan fingerprint density at radius 1 is 1.48 bits per heavy atom. The zero-order chi connectivity index (χ0) is 15.0. The van der Waals surface area contributed by atoms with Crippen LogP contribution in [-0.4, -0.2) is 28.5 Å². The van der Waals surface area contributed by atoms with Gasteiger partial charge in [0.2, 0.25) is 0 Å². The number of nitrogen functional groups attached to an aromatic ring is 1. The van der Waals surface area contributed by atoms with E-state index in [0.29, 0.717) is 17.9 Å². The molecular weight excluding hydrogens is 268 g/mol. The minimum atomic E-state index is -0.214. The monoisotopic (exact) mass is 284 g/mol. The van der Waals surface area contributed by atoms with Gasteiger partial charge >= 0.3 is 0 Å². The average molecular weight is 284 g/mol. The number of fused-ring (bicyclic) bond motifs is 1. The largest absolute Gasteiger partial charge is 0.487 e. The lowest BCUT2D eigenvalue weighted by atomic mass is 10.1. The van der Waals surface area contributed by atoms with E-state index in [0.717, 1.165) is 11.3 Å². The van der Waals surface area contributed by atoms with Crippen molar-refractivity contribution in [2.75, 3.05) is 17.2 Å². The number of aromatic nitrogens is 2. The van der Waals surface area contributed by atoms with E-state index < -0.39 is 0 Å². The highest BCUT2D eigenvalue weighted by molar-refractivity contribution is 6.09. The summed E-state index contributed by atoms with van der Waals surface area (Å²) in [5.41, 5.74) is 7.90. The third-order valence-electron chi connectivity index (χ3n) is 3.39. The third kappa shape index (κ3) is 2.40. The van der Waals surface area contributed by atoms with Gasteiger partial charge < -0.3 is 15.4 Å². The average Bonchev–Trinajstić information content (AvgIpc) is 2.45. The van der Waals surface area contributed by atoms with Crippen LogP contribution in [0.25, 0.3) is 0 Å². The normalized spacial score (nSPS) is 17.0. The molecule has 1 aromatic heterocycles. The van der Waals surface area contributed by atoms with Crippen LogP contribution in [0.2, 0.25) is 0 Å². The quantitative estimate of drug-likeness (QED) is 0.863. The van der Waals surface area contributed by atoms with Gasteiger partial charge in [-0.1, -0.05) is 6.07 Å². The number of hydrogen-bond donors (Lipinski definition) is 1. The second kappa shape index (κ2) is 5.05. The first-order valence-electron chi connectivity index (χ1n) is 6.71. The Labute approximate surface area is 122 Å². The summed E-state index contributed by atoms with van der Waals surface area (Å²) in [5, 5.41) is 0. The van der Waals surface area contributed by atoms with E-state index in [-0.39, 0.29) is 17.8 Å². The maximum atomic E-state index is 12.7. The Hall–Kier alpha value is -2.63. The molecule has 0 radical (unpaired) electrons. The molecular formula is C15H16N4O2. The highest BCUT2D eigenvalue weighted by Gasteiger charge is 2.29. The molecule has 1 aliphatic heterocycles. The highest BCUT2D eigenvalue weighted by Crippen LogP contribution is 2.35. The number of ether oxygens (including phenoxy) is 1. The van der Waals surface area contributed by atoms with Crippen molar-refractivity contribution >= 4 is 17.4 Å². The number of rotatable bonds is 1. The zero-order valence-corrected chi connectivity index (χ0v) is 11.9. The maximum Gasteiger partial charge on any atom is 0.263 e. The standard InChI is InChI=1S/C15H16N4O2/c1-9-3-4-12-13(5-9)21-10(2)7-19(12)15(20)11-6-17-8-18-14(11)16/h3-6,8,10H,7H2,1-2H3,(H2,16,17,18). The predicted molar refractivity (Wildman–Crippen MR) is 79.4 cm³/mol. The molecule has 6 nitrogen and oxygen atoms in total. The van der Waals surface area contributed by atoms with Gasteiger partial charge in [0.1, 0.15) is 29.6 Å². The van der Waals surface area contributed by atoms with Crippen molar-refractivity contribution < 1.29 is 9.53 Å². The summed E-state index contributed by atoms with van der Waals surface area (Å²) in [6, 6.07) is 5.76. The first-order chi connectivity index (χ1) is 10.1. The van der Waals surface area contributed by atoms with Crippen LogP contribution in [0.4, 0.5) is 11.5 Å². The number of anilines is 2. The lowest BCUT2D eigenvalue weighted by Gasteiger charge is -2.33. The summed E-state index contributed by atoms with van der Waals surface area (Å²) < 4.78 is 5.80. The van der Waals surface area contributed by atoms with Gasteiger partial charge in [-0.2, -0.15) is 0 Å². The molecule has 2 N–H and O–H groups in total. The number of carbonyl (C=O) groups excluding carboxylic acids is 1. The van der Waals surface area contributed by atoms with Gasteiger partial charge in [0, 0.05) is 6.20 Å². The zero-order valence-electron chi connectivity index (χ0n) is 11.9. The van der Waals surface area contributed by atoms with E-state index in [4.69, 9.17) is 10.5 Å². The van der Waals surface area contributed by atoms with Gasteiger partial charge in [-0.3, -0.25) is 4.79 Å². The molecule has 0 bridgehead atoms. The number of nitrogens with two attached hydrogens (primary N) is 1. The van der Waals surface area contributed by atoms with Crippen molar-refractivity contribution in [1.29, 1.82) is 0 Å². The van der Waals surface area contributed by atoms with Gasteiger partial charge in [0.05, 0.1) is 12.2 Å². The van der Waals surface area contributed by atoms with Crippen molar-refractivity contribution in [1.82, 2.24) is 9.97 Å². The molecule has 6 heteroatoms. The van der Waals surface area contributed by atoms with E-state index in [1.54, 1.807) is 4.90 Å². The molecule has 0 saturated heterocycles. The fraction of sp³-hybridized carbons (Fsp3) is 0.267. The summed E-state index contributed by atoms with van der Waals surface area (Å²) in [4.78, 5) is 22.1. The molecule has 2 aromatic rings. The minimum absolute atomic E-state index is 0.0888. The van der Waals surface area contributed by atoms with Gasteiger partial charge in [-0.25, -0.2) is 9.97 Å². The summed E-state index contributed by atoms with van der Waals surface area (Å²) in [6.07, 6.45) is 2.68. The van der Waals surface area contributed by atoms with Crippen LogP contribution in [0.15, 0.2) is 30.7 Å². The molecule has 1 amide bonds. The number of benzene rings is 1. The Morgan fingerprint density at radius 3 is 3.05 bits per heavy atom. The van der Waals surface area contributed by atoms with E-state index in [9.17, 15) is 4.79 Å². The van der Waals surface area contributed by atoms with Crippen LogP contribution in [0, 0.1) is 6.92 Å². The molecule has 1 unspecified atom stereocenters. The van der Waals surface area contributed by atoms with Crippen molar-refractivity contribution in [3.63, 3.8) is 0 Å². The summed E-state index contributed by atoms with van der Waals surface area (Å²) in [7, 11) is 0. The Bertz CT molecular complexity index is 702. The molecule has 3 rings (SSSR count). The SMILES string of the molecule is Cc1ccc2c(c1)OC(C)CN2C(=O)c1cncnc1N. The lowest BCUT2D eigenvalue weighted by molar-refractivity contribution is 0.0961. The molecule has 1 aromatic carbocycles. The number of aryl methyl sites for hydroxylation is 1. The van der Waals surface area contributed by atoms with E-state index >= 15 is 0 Å². The number of carbonyl (C=O) groups is 1. The van der Waals surface area contributed by atoms with Crippen LogP contribution in [0.1, 0.15) is 22.8 Å². The lowest BCUT2D eigenvalue weighted by Crippen LogP contribution is -2.42. The van der Waals surface area contributed by atoms with Crippen LogP contribution in [0.5, 0.6) is 5.75 Å². The fourth-order valence-electron chi connectivity index (χ4n) is 2.39. The van der Waals surface area contributed by atoms with Crippen LogP contribution in [-0.2, 0) is 0 Å². The number of hydrogen-bond acceptors (Lipinski definition) is 5. The van der Waals surface area contributed by atoms with Gasteiger partial charge in [-0.15, -0.1) is 0 Å². The summed E-state index contributed by atoms with van der Waals surface area (Å²) >= 11 is 0. The maximum absolute atomic E-state index is 12.7. The predicted octanol–water partition coefficient (Wildman–Crippen LogP) is 1.79. The Balaban J connectivity index is 2.04. The molecule has 0 aliphatic carbocycles. The van der Waals surface area contributed by atoms with Gasteiger partial charge in [0.25, 0.3) is 5.91 Å². The molecule has 0 fully saturated rings. The topological polar surface area (TPSA) is 81.3 Å². The highest BCUT2D eigenvalue weighted by atomic mass is 16.5. The first-order valence-corrected chi connectivity index (χ1v) is 6.71. The second-order valence-corrected chi connectivity index (χ2v) is 5.14. The second-order valence-electron chi connectivity index (χ2n) is 5.14. The van der Waals surface area contributed by atoms with Crippen molar-refractivity contribution in [3.8, 4) is 5.75 Å². The molecule has 21 heavy (non-hydrogen) atoms. The molecule has 1 atom stereocenters. The first kappa shape index (κ1) is 13.4. The van der Waals surface area contributed by atoms with Crippen LogP contribution in [0.3, 0.4) is 0 Å². The van der Waals surface area contributed by atoms with Crippen LogP contribution >= 0.6 is 0 Å². The molecule has 1 aliphatic rings. The van der Waals surface area contributed by atoms with E-state index in [2.05, 4.69) is 9.97 Å². The molecule has 0 saturated carbocycles. The van der Waals surface area contributed by atoms with Crippen LogP contribution < -0.4 is 15.4 Å². The van der Waals surface area contributed by atoms with E-state index in [1.807, 2.05) is 32.0 Å². The summed E-state index contributed by atoms with van der Waals surface area (Å²) in [5.74, 6) is 0.675.